The van der Waals surface area contributed by atoms with Crippen LogP contribution in [0.25, 0.3) is 0 Å². The quantitative estimate of drug-likeness (QED) is 0.498. The van der Waals surface area contributed by atoms with E-state index in [2.05, 4.69) is 10.6 Å². The molecule has 1 fully saturated rings. The maximum Gasteiger partial charge on any atom is 0.305 e. The number of fused-ring (bicyclic) bond motifs is 1. The summed E-state index contributed by atoms with van der Waals surface area (Å²) in [7, 11) is 1.82. The highest BCUT2D eigenvalue weighted by Crippen LogP contribution is 2.27. The molecule has 0 saturated carbocycles. The van der Waals surface area contributed by atoms with Gasteiger partial charge in [-0.1, -0.05) is 36.4 Å². The van der Waals surface area contributed by atoms with Crippen molar-refractivity contribution in [1.29, 1.82) is 0 Å². The summed E-state index contributed by atoms with van der Waals surface area (Å²) in [6.45, 7) is 3.63. The van der Waals surface area contributed by atoms with Gasteiger partial charge in [0.2, 0.25) is 5.91 Å². The number of carbonyl (C=O) groups is 3. The Bertz CT molecular complexity index is 1070. The number of benzene rings is 2. The zero-order valence-corrected chi connectivity index (χ0v) is 20.9. The number of hydrogen-bond acceptors (Lipinski definition) is 5. The first-order chi connectivity index (χ1) is 17.4. The minimum Gasteiger partial charge on any atom is -0.481 e. The molecule has 36 heavy (non-hydrogen) atoms. The molecular formula is C28H36N4O4. The number of piperidine rings is 1. The number of hydrogen-bond donors (Lipinski definition) is 3. The van der Waals surface area contributed by atoms with Gasteiger partial charge in [0.05, 0.1) is 6.42 Å². The van der Waals surface area contributed by atoms with Crippen molar-refractivity contribution in [2.45, 2.75) is 44.7 Å². The molecule has 1 unspecified atom stereocenters. The SMILES string of the molecule is CN(CCC1CCNCC1)C(=O)c1ccc2c(c1)NC(CC(=O)O)C(=O)N(CCc1ccccc1)C2. The normalized spacial score (nSPS) is 18.2. The van der Waals surface area contributed by atoms with Crippen molar-refractivity contribution in [3.05, 3.63) is 65.2 Å². The molecule has 0 aromatic heterocycles. The van der Waals surface area contributed by atoms with Crippen LogP contribution in [0.2, 0.25) is 0 Å². The second kappa shape index (κ2) is 12.0. The van der Waals surface area contributed by atoms with Crippen LogP contribution in [0.4, 0.5) is 5.69 Å². The third-order valence-electron chi connectivity index (χ3n) is 7.23. The molecule has 2 heterocycles. The van der Waals surface area contributed by atoms with Crippen LogP contribution in [0.5, 0.6) is 0 Å². The highest BCUT2D eigenvalue weighted by molar-refractivity contribution is 5.96. The molecule has 2 amide bonds. The van der Waals surface area contributed by atoms with E-state index in [4.69, 9.17) is 0 Å². The molecule has 8 nitrogen and oxygen atoms in total. The van der Waals surface area contributed by atoms with Gasteiger partial charge in [-0.25, -0.2) is 0 Å². The number of nitrogens with one attached hydrogen (secondary N) is 2. The van der Waals surface area contributed by atoms with Gasteiger partial charge in [-0.3, -0.25) is 14.4 Å². The maximum absolute atomic E-state index is 13.3. The monoisotopic (exact) mass is 492 g/mol. The molecule has 1 saturated heterocycles. The molecule has 2 aromatic carbocycles. The summed E-state index contributed by atoms with van der Waals surface area (Å²) in [5.74, 6) is -0.714. The minimum absolute atomic E-state index is 0.0696. The molecular weight excluding hydrogens is 456 g/mol. The fourth-order valence-corrected chi connectivity index (χ4v) is 5.01. The molecule has 4 rings (SSSR count). The van der Waals surface area contributed by atoms with Gasteiger partial charge in [0, 0.05) is 37.9 Å². The van der Waals surface area contributed by atoms with E-state index in [1.54, 1.807) is 21.9 Å². The summed E-state index contributed by atoms with van der Waals surface area (Å²) >= 11 is 0. The summed E-state index contributed by atoms with van der Waals surface area (Å²) in [4.78, 5) is 41.4. The van der Waals surface area contributed by atoms with Gasteiger partial charge in [-0.15, -0.1) is 0 Å². The summed E-state index contributed by atoms with van der Waals surface area (Å²) in [6.07, 6.45) is 3.63. The lowest BCUT2D eigenvalue weighted by Gasteiger charge is -2.25. The molecule has 2 aliphatic heterocycles. The number of anilines is 1. The van der Waals surface area contributed by atoms with Crippen molar-refractivity contribution in [3.8, 4) is 0 Å². The standard InChI is InChI=1S/C28H36N4O4/c1-31(15-11-21-9-13-29-14-10-21)27(35)22-7-8-23-19-32(16-12-20-5-3-2-4-6-20)28(36)25(18-26(33)34)30-24(23)17-22/h2-8,17,21,25,29-30H,9-16,18-19H2,1H3,(H,33,34). The van der Waals surface area contributed by atoms with Crippen LogP contribution in [-0.4, -0.2) is 72.0 Å². The van der Waals surface area contributed by atoms with Crippen LogP contribution in [0.3, 0.4) is 0 Å². The Morgan fingerprint density at radius 3 is 2.58 bits per heavy atom. The number of carboxylic acids is 1. The zero-order valence-electron chi connectivity index (χ0n) is 20.9. The van der Waals surface area contributed by atoms with Crippen LogP contribution in [0.15, 0.2) is 48.5 Å². The van der Waals surface area contributed by atoms with E-state index >= 15 is 0 Å². The smallest absolute Gasteiger partial charge is 0.305 e. The van der Waals surface area contributed by atoms with E-state index in [1.165, 1.54) is 0 Å². The van der Waals surface area contributed by atoms with Gasteiger partial charge in [-0.2, -0.15) is 0 Å². The Balaban J connectivity index is 1.48. The predicted molar refractivity (Wildman–Crippen MR) is 139 cm³/mol. The van der Waals surface area contributed by atoms with E-state index in [1.807, 2.05) is 43.4 Å². The van der Waals surface area contributed by atoms with Gasteiger partial charge in [-0.05, 0) is 68.0 Å². The second-order valence-electron chi connectivity index (χ2n) is 9.87. The van der Waals surface area contributed by atoms with Crippen LogP contribution in [0, 0.1) is 5.92 Å². The molecule has 0 aliphatic carbocycles. The highest BCUT2D eigenvalue weighted by atomic mass is 16.4. The number of carboxylic acid groups (broad SMARTS) is 1. The summed E-state index contributed by atoms with van der Waals surface area (Å²) in [5.41, 5.74) is 3.17. The average molecular weight is 493 g/mol. The Kier molecular flexibility index (Phi) is 8.59. The van der Waals surface area contributed by atoms with Crippen molar-refractivity contribution in [2.75, 3.05) is 38.5 Å². The van der Waals surface area contributed by atoms with E-state index in [0.717, 1.165) is 43.5 Å². The van der Waals surface area contributed by atoms with Gasteiger partial charge in [0.25, 0.3) is 5.91 Å². The van der Waals surface area contributed by atoms with E-state index < -0.39 is 12.0 Å². The van der Waals surface area contributed by atoms with E-state index in [9.17, 15) is 19.5 Å². The molecule has 8 heteroatoms. The van der Waals surface area contributed by atoms with Crippen molar-refractivity contribution in [2.24, 2.45) is 5.92 Å². The predicted octanol–water partition coefficient (Wildman–Crippen LogP) is 2.99. The molecule has 2 aliphatic rings. The lowest BCUT2D eigenvalue weighted by molar-refractivity contribution is -0.141. The molecule has 0 radical (unpaired) electrons. The van der Waals surface area contributed by atoms with Crippen LogP contribution >= 0.6 is 0 Å². The number of carbonyl (C=O) groups excluding carboxylic acids is 2. The zero-order chi connectivity index (χ0) is 25.5. The first-order valence-corrected chi connectivity index (χ1v) is 12.8. The fourth-order valence-electron chi connectivity index (χ4n) is 5.01. The Labute approximate surface area is 212 Å². The van der Waals surface area contributed by atoms with Crippen molar-refractivity contribution < 1.29 is 19.5 Å². The molecule has 192 valence electrons. The van der Waals surface area contributed by atoms with Gasteiger partial charge < -0.3 is 25.5 Å². The second-order valence-corrected chi connectivity index (χ2v) is 9.87. The van der Waals surface area contributed by atoms with Crippen molar-refractivity contribution in [3.63, 3.8) is 0 Å². The van der Waals surface area contributed by atoms with Crippen molar-refractivity contribution in [1.82, 2.24) is 15.1 Å². The Hall–Kier alpha value is -3.39. The first-order valence-electron chi connectivity index (χ1n) is 12.8. The van der Waals surface area contributed by atoms with Crippen LogP contribution in [-0.2, 0) is 22.6 Å². The fraction of sp³-hybridized carbons (Fsp3) is 0.464. The summed E-state index contributed by atoms with van der Waals surface area (Å²) < 4.78 is 0. The van der Waals surface area contributed by atoms with Gasteiger partial charge in [0.15, 0.2) is 0 Å². The summed E-state index contributed by atoms with van der Waals surface area (Å²) in [5, 5.41) is 15.9. The van der Waals surface area contributed by atoms with E-state index in [-0.39, 0.29) is 18.2 Å². The summed E-state index contributed by atoms with van der Waals surface area (Å²) in [6, 6.07) is 14.5. The number of nitrogens with zero attached hydrogens (tertiary/aromatic N) is 2. The third-order valence-corrected chi connectivity index (χ3v) is 7.23. The molecule has 1 atom stereocenters. The Morgan fingerprint density at radius 1 is 1.11 bits per heavy atom. The largest absolute Gasteiger partial charge is 0.481 e. The van der Waals surface area contributed by atoms with Gasteiger partial charge in [0.1, 0.15) is 6.04 Å². The minimum atomic E-state index is -1.04. The topological polar surface area (TPSA) is 102 Å². The van der Waals surface area contributed by atoms with Crippen LogP contribution < -0.4 is 10.6 Å². The third kappa shape index (κ3) is 6.63. The van der Waals surface area contributed by atoms with Gasteiger partial charge >= 0.3 is 5.97 Å². The number of aliphatic carboxylic acids is 1. The molecule has 0 spiro atoms. The first kappa shape index (κ1) is 25.7. The lowest BCUT2D eigenvalue weighted by atomic mass is 9.94. The molecule has 0 bridgehead atoms. The van der Waals surface area contributed by atoms with Crippen molar-refractivity contribution >= 4 is 23.5 Å². The Morgan fingerprint density at radius 2 is 1.86 bits per heavy atom. The van der Waals surface area contributed by atoms with E-state index in [0.29, 0.717) is 43.2 Å². The number of rotatable bonds is 9. The average Bonchev–Trinajstić information content (AvgIpc) is 3.02. The maximum atomic E-state index is 13.3. The molecule has 2 aromatic rings. The number of amides is 2. The highest BCUT2D eigenvalue weighted by Gasteiger charge is 2.31. The lowest BCUT2D eigenvalue weighted by Crippen LogP contribution is -2.42. The molecule has 3 N–H and O–H groups in total. The van der Waals surface area contributed by atoms with Crippen LogP contribution in [0.1, 0.15) is 47.2 Å².